The number of unbranched alkanes of at least 4 members (excludes halogenated alkanes) is 15. The molecule has 1 unspecified atom stereocenters. The molecule has 1 atom stereocenters. The fourth-order valence-electron chi connectivity index (χ4n) is 5.53. The monoisotopic (exact) mass is 696 g/mol. The van der Waals surface area contributed by atoms with Crippen molar-refractivity contribution in [1.82, 2.24) is 0 Å². The van der Waals surface area contributed by atoms with Crippen LogP contribution >= 0.6 is 11.6 Å². The molecule has 0 aliphatic heterocycles. The van der Waals surface area contributed by atoms with Gasteiger partial charge in [-0.1, -0.05) is 140 Å². The van der Waals surface area contributed by atoms with E-state index < -0.39 is 27.1 Å². The van der Waals surface area contributed by atoms with E-state index in [1.807, 2.05) is 6.07 Å². The molecule has 0 heterocycles. The van der Waals surface area contributed by atoms with E-state index >= 15 is 0 Å². The van der Waals surface area contributed by atoms with Gasteiger partial charge < -0.3 is 10.1 Å². The van der Waals surface area contributed by atoms with Crippen LogP contribution in [0.1, 0.15) is 120 Å². The lowest BCUT2D eigenvalue weighted by molar-refractivity contribution is -0.115. The molecule has 3 rings (SSSR count). The molecule has 0 spiro atoms. The fourth-order valence-corrected chi connectivity index (χ4v) is 6.77. The quantitative estimate of drug-likeness (QED) is 0.0397. The number of sulfonamides is 1. The molecule has 3 aromatic carbocycles. The number of carbonyl (C=O) groups excluding carboxylic acids is 2. The van der Waals surface area contributed by atoms with E-state index in [1.54, 1.807) is 54.6 Å². The van der Waals surface area contributed by atoms with E-state index in [2.05, 4.69) is 17.0 Å². The van der Waals surface area contributed by atoms with Crippen molar-refractivity contribution in [2.45, 2.75) is 120 Å². The van der Waals surface area contributed by atoms with E-state index in [9.17, 15) is 18.0 Å². The first kappa shape index (κ1) is 39.1. The number of ketones is 1. The second-order valence-corrected chi connectivity index (χ2v) is 14.5. The van der Waals surface area contributed by atoms with Gasteiger partial charge in [0.2, 0.25) is 5.91 Å². The van der Waals surface area contributed by atoms with Crippen LogP contribution < -0.4 is 14.8 Å². The molecule has 48 heavy (non-hydrogen) atoms. The topological polar surface area (TPSA) is 102 Å². The van der Waals surface area contributed by atoms with E-state index in [0.717, 1.165) is 19.3 Å². The SMILES string of the molecule is CCCCCCCCCCCCCCCCCCOc1cc(S(=O)(=O)Nc2ccccc2)ccc1C(=O)C(Cl)C(=O)Nc1ccccc1. The highest BCUT2D eigenvalue weighted by Crippen LogP contribution is 2.28. The summed E-state index contributed by atoms with van der Waals surface area (Å²) >= 11 is 6.33. The number of hydrogen-bond acceptors (Lipinski definition) is 5. The third kappa shape index (κ3) is 14.4. The Kier molecular flexibility index (Phi) is 18.2. The van der Waals surface area contributed by atoms with E-state index in [4.69, 9.17) is 16.3 Å². The Balaban J connectivity index is 1.49. The molecule has 0 saturated carbocycles. The number of benzene rings is 3. The molecule has 9 heteroatoms. The first-order valence-electron chi connectivity index (χ1n) is 17.7. The van der Waals surface area contributed by atoms with E-state index in [1.165, 1.54) is 102 Å². The second kappa shape index (κ2) is 22.3. The van der Waals surface area contributed by atoms with Gasteiger partial charge in [-0.05, 0) is 42.8 Å². The Morgan fingerprint density at radius 2 is 1.15 bits per heavy atom. The summed E-state index contributed by atoms with van der Waals surface area (Å²) in [6.07, 6.45) is 20.0. The molecule has 262 valence electrons. The Bertz CT molecular complexity index is 1470. The van der Waals surface area contributed by atoms with Gasteiger partial charge in [-0.3, -0.25) is 14.3 Å². The molecule has 0 bridgehead atoms. The van der Waals surface area contributed by atoms with Crippen LogP contribution in [-0.4, -0.2) is 32.1 Å². The number of rotatable bonds is 25. The maximum absolute atomic E-state index is 13.4. The van der Waals surface area contributed by atoms with Gasteiger partial charge in [-0.25, -0.2) is 8.42 Å². The first-order chi connectivity index (χ1) is 23.3. The van der Waals surface area contributed by atoms with Crippen LogP contribution in [0.3, 0.4) is 0 Å². The van der Waals surface area contributed by atoms with Gasteiger partial charge in [0.15, 0.2) is 11.2 Å². The van der Waals surface area contributed by atoms with Crippen LogP contribution in [0.2, 0.25) is 0 Å². The zero-order chi connectivity index (χ0) is 34.5. The largest absolute Gasteiger partial charge is 0.493 e. The minimum absolute atomic E-state index is 0.0494. The lowest BCUT2D eigenvalue weighted by Gasteiger charge is -2.16. The number of alkyl halides is 1. The molecule has 7 nitrogen and oxygen atoms in total. The van der Waals surface area contributed by atoms with Crippen molar-refractivity contribution in [3.8, 4) is 5.75 Å². The zero-order valence-corrected chi connectivity index (χ0v) is 30.0. The summed E-state index contributed by atoms with van der Waals surface area (Å²) in [6.45, 7) is 2.56. The predicted molar refractivity (Wildman–Crippen MR) is 198 cm³/mol. The van der Waals surface area contributed by atoms with Crippen molar-refractivity contribution in [3.05, 3.63) is 84.4 Å². The third-order valence-corrected chi connectivity index (χ3v) is 10.1. The van der Waals surface area contributed by atoms with Crippen molar-refractivity contribution in [2.24, 2.45) is 0 Å². The number of Topliss-reactive ketones (excluding diaryl/α,β-unsaturated/α-hetero) is 1. The summed E-state index contributed by atoms with van der Waals surface area (Å²) in [6, 6.07) is 21.3. The zero-order valence-electron chi connectivity index (χ0n) is 28.4. The Morgan fingerprint density at radius 1 is 0.667 bits per heavy atom. The van der Waals surface area contributed by atoms with Crippen molar-refractivity contribution in [3.63, 3.8) is 0 Å². The molecular weight excluding hydrogens is 644 g/mol. The van der Waals surface area contributed by atoms with E-state index in [0.29, 0.717) is 18.0 Å². The average molecular weight is 697 g/mol. The Hall–Kier alpha value is -3.36. The average Bonchev–Trinajstić information content (AvgIpc) is 3.09. The summed E-state index contributed by atoms with van der Waals surface area (Å²) in [5.74, 6) is -1.28. The van der Waals surface area contributed by atoms with Gasteiger partial charge in [0, 0.05) is 17.4 Å². The molecule has 0 radical (unpaired) electrons. The van der Waals surface area contributed by atoms with Gasteiger partial charge >= 0.3 is 0 Å². The summed E-state index contributed by atoms with van der Waals surface area (Å²) in [5, 5.41) is 1.11. The van der Waals surface area contributed by atoms with Crippen molar-refractivity contribution in [1.29, 1.82) is 0 Å². The van der Waals surface area contributed by atoms with Gasteiger partial charge in [0.1, 0.15) is 5.75 Å². The molecule has 0 fully saturated rings. The Morgan fingerprint density at radius 3 is 1.67 bits per heavy atom. The molecule has 0 aliphatic rings. The van der Waals surface area contributed by atoms with Gasteiger partial charge in [-0.15, -0.1) is 11.6 Å². The number of para-hydroxylation sites is 2. The smallest absolute Gasteiger partial charge is 0.262 e. The fraction of sp³-hybridized carbons (Fsp3) is 0.487. The first-order valence-corrected chi connectivity index (χ1v) is 19.6. The summed E-state index contributed by atoms with van der Waals surface area (Å²) in [4.78, 5) is 26.1. The van der Waals surface area contributed by atoms with Gasteiger partial charge in [0.05, 0.1) is 17.1 Å². The minimum atomic E-state index is -3.97. The minimum Gasteiger partial charge on any atom is -0.493 e. The lowest BCUT2D eigenvalue weighted by atomic mass is 10.0. The maximum Gasteiger partial charge on any atom is 0.262 e. The van der Waals surface area contributed by atoms with Gasteiger partial charge in [-0.2, -0.15) is 0 Å². The normalized spacial score (nSPS) is 12.0. The summed E-state index contributed by atoms with van der Waals surface area (Å²) in [7, 11) is -3.97. The van der Waals surface area contributed by atoms with Crippen LogP contribution in [0, 0.1) is 0 Å². The molecule has 1 amide bonds. The van der Waals surface area contributed by atoms with Crippen molar-refractivity contribution < 1.29 is 22.7 Å². The highest BCUT2D eigenvalue weighted by molar-refractivity contribution is 7.92. The van der Waals surface area contributed by atoms with Crippen molar-refractivity contribution >= 4 is 44.7 Å². The number of hydrogen-bond donors (Lipinski definition) is 2. The number of anilines is 2. The second-order valence-electron chi connectivity index (χ2n) is 12.4. The summed E-state index contributed by atoms with van der Waals surface area (Å²) < 4.78 is 34.9. The van der Waals surface area contributed by atoms with Crippen LogP contribution in [0.4, 0.5) is 11.4 Å². The Labute approximate surface area is 293 Å². The molecule has 0 aromatic heterocycles. The van der Waals surface area contributed by atoms with E-state index in [-0.39, 0.29) is 16.2 Å². The van der Waals surface area contributed by atoms with Crippen LogP contribution in [0.15, 0.2) is 83.8 Å². The standard InChI is InChI=1S/C39H53ClN2O5S/c1-2-3-4-5-6-7-8-9-10-11-12-13-14-15-16-23-30-47-36-31-34(48(45,46)42-33-26-21-18-22-27-33)28-29-35(36)38(43)37(40)39(44)41-32-24-19-17-20-25-32/h17-22,24-29,31,37,42H,2-16,23,30H2,1H3,(H,41,44). The number of nitrogens with one attached hydrogen (secondary N) is 2. The number of carbonyl (C=O) groups is 2. The molecular formula is C39H53ClN2O5S. The number of ether oxygens (including phenoxy) is 1. The van der Waals surface area contributed by atoms with Crippen molar-refractivity contribution in [2.75, 3.05) is 16.6 Å². The lowest BCUT2D eigenvalue weighted by Crippen LogP contribution is -2.31. The summed E-state index contributed by atoms with van der Waals surface area (Å²) in [5.41, 5.74) is 0.967. The maximum atomic E-state index is 13.4. The predicted octanol–water partition coefficient (Wildman–Crippen LogP) is 10.6. The third-order valence-electron chi connectivity index (χ3n) is 8.31. The van der Waals surface area contributed by atoms with Crippen LogP contribution in [-0.2, 0) is 14.8 Å². The molecule has 3 aromatic rings. The molecule has 0 aliphatic carbocycles. The number of amides is 1. The highest BCUT2D eigenvalue weighted by Gasteiger charge is 2.29. The van der Waals surface area contributed by atoms with Crippen LogP contribution in [0.25, 0.3) is 0 Å². The van der Waals surface area contributed by atoms with Gasteiger partial charge in [0.25, 0.3) is 10.0 Å². The number of halogens is 1. The molecule has 2 N–H and O–H groups in total. The molecule has 0 saturated heterocycles. The highest BCUT2D eigenvalue weighted by atomic mass is 35.5. The van der Waals surface area contributed by atoms with Crippen LogP contribution in [0.5, 0.6) is 5.75 Å².